The average Bonchev–Trinajstić information content (AvgIpc) is 2.50. The summed E-state index contributed by atoms with van der Waals surface area (Å²) >= 11 is 0. The molecule has 7 heteroatoms. The zero-order chi connectivity index (χ0) is 14.1. The summed E-state index contributed by atoms with van der Waals surface area (Å²) in [6, 6.07) is 0. The largest absolute Gasteiger partial charge is 0.479 e. The zero-order valence-corrected chi connectivity index (χ0v) is 10.8. The van der Waals surface area contributed by atoms with Gasteiger partial charge in [0.05, 0.1) is 17.8 Å². The molecule has 1 unspecified atom stereocenters. The molecule has 0 spiro atoms. The number of nitrogens with zero attached hydrogens (tertiary/aromatic N) is 2. The summed E-state index contributed by atoms with van der Waals surface area (Å²) in [7, 11) is 1.71. The Kier molecular flexibility index (Phi) is 3.76. The van der Waals surface area contributed by atoms with Gasteiger partial charge in [-0.3, -0.25) is 9.48 Å². The maximum atomic E-state index is 11.9. The number of rotatable bonds is 4. The molecule has 0 saturated heterocycles. The molecule has 100 valence electrons. The van der Waals surface area contributed by atoms with Crippen molar-refractivity contribution in [1.82, 2.24) is 15.1 Å². The van der Waals surface area contributed by atoms with E-state index in [1.165, 1.54) is 0 Å². The zero-order valence-electron chi connectivity index (χ0n) is 10.8. The van der Waals surface area contributed by atoms with Gasteiger partial charge in [0.25, 0.3) is 5.91 Å². The van der Waals surface area contributed by atoms with Gasteiger partial charge in [-0.2, -0.15) is 5.10 Å². The maximum absolute atomic E-state index is 11.9. The average molecular weight is 255 g/mol. The smallest absolute Gasteiger partial charge is 0.337 e. The second kappa shape index (κ2) is 4.77. The van der Waals surface area contributed by atoms with Gasteiger partial charge in [-0.1, -0.05) is 0 Å². The second-order valence-corrected chi connectivity index (χ2v) is 4.43. The van der Waals surface area contributed by atoms with Crippen LogP contribution in [0.2, 0.25) is 0 Å². The Labute approximate surface area is 104 Å². The van der Waals surface area contributed by atoms with E-state index in [-0.39, 0.29) is 6.54 Å². The van der Waals surface area contributed by atoms with Crippen LogP contribution in [0.3, 0.4) is 0 Å². The molecule has 0 fully saturated rings. The molecule has 1 rings (SSSR count). The van der Waals surface area contributed by atoms with Gasteiger partial charge in [0.1, 0.15) is 0 Å². The van der Waals surface area contributed by atoms with E-state index < -0.39 is 17.5 Å². The molecule has 0 aliphatic rings. The minimum atomic E-state index is -1.99. The molecule has 0 aliphatic carbocycles. The summed E-state index contributed by atoms with van der Waals surface area (Å²) in [6.45, 7) is 4.19. The van der Waals surface area contributed by atoms with Crippen LogP contribution in [0.1, 0.15) is 28.7 Å². The highest BCUT2D eigenvalue weighted by molar-refractivity contribution is 5.96. The molecule has 0 aliphatic heterocycles. The molecule has 0 saturated carbocycles. The molecule has 1 aromatic rings. The van der Waals surface area contributed by atoms with Crippen LogP contribution < -0.4 is 5.32 Å². The summed E-state index contributed by atoms with van der Waals surface area (Å²) < 4.78 is 1.57. The topological polar surface area (TPSA) is 104 Å². The van der Waals surface area contributed by atoms with Gasteiger partial charge in [0, 0.05) is 12.7 Å². The molecule has 1 amide bonds. The van der Waals surface area contributed by atoms with Gasteiger partial charge >= 0.3 is 5.97 Å². The van der Waals surface area contributed by atoms with Crippen molar-refractivity contribution in [1.29, 1.82) is 0 Å². The summed E-state index contributed by atoms with van der Waals surface area (Å²) in [6.07, 6.45) is 0. The molecule has 0 bridgehead atoms. The molecular formula is C11H17N3O4. The normalized spacial score (nSPS) is 14.1. The van der Waals surface area contributed by atoms with Crippen molar-refractivity contribution in [3.8, 4) is 0 Å². The van der Waals surface area contributed by atoms with E-state index in [0.717, 1.165) is 6.92 Å². The maximum Gasteiger partial charge on any atom is 0.337 e. The van der Waals surface area contributed by atoms with Crippen LogP contribution >= 0.6 is 0 Å². The van der Waals surface area contributed by atoms with Crippen LogP contribution in [-0.4, -0.2) is 44.0 Å². The Balaban J connectivity index is 2.81. The minimum absolute atomic E-state index is 0.366. The fourth-order valence-corrected chi connectivity index (χ4v) is 1.52. The summed E-state index contributed by atoms with van der Waals surface area (Å²) in [5, 5.41) is 24.7. The van der Waals surface area contributed by atoms with E-state index in [4.69, 9.17) is 5.11 Å². The molecule has 0 radical (unpaired) electrons. The van der Waals surface area contributed by atoms with Gasteiger partial charge < -0.3 is 15.5 Å². The van der Waals surface area contributed by atoms with E-state index in [1.54, 1.807) is 25.6 Å². The highest BCUT2D eigenvalue weighted by atomic mass is 16.4. The predicted octanol–water partition coefficient (Wildman–Crippen LogP) is -0.398. The molecule has 1 aromatic heterocycles. The molecule has 7 nitrogen and oxygen atoms in total. The fraction of sp³-hybridized carbons (Fsp3) is 0.545. The Hall–Kier alpha value is -1.89. The van der Waals surface area contributed by atoms with Crippen LogP contribution in [0.25, 0.3) is 0 Å². The molecule has 1 heterocycles. The lowest BCUT2D eigenvalue weighted by molar-refractivity contribution is -0.155. The number of nitrogens with one attached hydrogen (secondary N) is 1. The standard InChI is InChI=1S/C11H17N3O4/c1-6-8(7(2)14(4)13-6)9(15)12-5-11(3,18)10(16)17/h18H,5H2,1-4H3,(H,12,15)(H,16,17). The van der Waals surface area contributed by atoms with Gasteiger partial charge in [-0.05, 0) is 20.8 Å². The van der Waals surface area contributed by atoms with Crippen molar-refractivity contribution in [2.45, 2.75) is 26.4 Å². The molecule has 1 atom stereocenters. The van der Waals surface area contributed by atoms with Crippen molar-refractivity contribution in [2.75, 3.05) is 6.54 Å². The summed E-state index contributed by atoms with van der Waals surface area (Å²) in [4.78, 5) is 22.6. The van der Waals surface area contributed by atoms with E-state index in [9.17, 15) is 14.7 Å². The Bertz CT molecular complexity index is 491. The van der Waals surface area contributed by atoms with E-state index in [2.05, 4.69) is 10.4 Å². The number of aryl methyl sites for hydroxylation is 2. The van der Waals surface area contributed by atoms with Crippen molar-refractivity contribution in [3.63, 3.8) is 0 Å². The molecule has 0 aromatic carbocycles. The second-order valence-electron chi connectivity index (χ2n) is 4.43. The van der Waals surface area contributed by atoms with Gasteiger partial charge in [0.2, 0.25) is 0 Å². The Morgan fingerprint density at radius 3 is 2.39 bits per heavy atom. The Morgan fingerprint density at radius 2 is 2.00 bits per heavy atom. The molecular weight excluding hydrogens is 238 g/mol. The number of aliphatic hydroxyl groups is 1. The quantitative estimate of drug-likeness (QED) is 0.679. The van der Waals surface area contributed by atoms with E-state index >= 15 is 0 Å². The first-order valence-corrected chi connectivity index (χ1v) is 5.41. The first kappa shape index (κ1) is 14.2. The third kappa shape index (κ3) is 2.67. The van der Waals surface area contributed by atoms with Crippen molar-refractivity contribution < 1.29 is 19.8 Å². The third-order valence-corrected chi connectivity index (χ3v) is 2.79. The van der Waals surface area contributed by atoms with Gasteiger partial charge in [-0.25, -0.2) is 4.79 Å². The first-order valence-electron chi connectivity index (χ1n) is 5.41. The number of carboxylic acids is 1. The molecule has 18 heavy (non-hydrogen) atoms. The lowest BCUT2D eigenvalue weighted by Gasteiger charge is -2.18. The van der Waals surface area contributed by atoms with Crippen LogP contribution in [-0.2, 0) is 11.8 Å². The third-order valence-electron chi connectivity index (χ3n) is 2.79. The number of carbonyl (C=O) groups excluding carboxylic acids is 1. The van der Waals surface area contributed by atoms with Gasteiger partial charge in [0.15, 0.2) is 5.60 Å². The summed E-state index contributed by atoms with van der Waals surface area (Å²) in [5.41, 5.74) is -0.347. The minimum Gasteiger partial charge on any atom is -0.479 e. The van der Waals surface area contributed by atoms with E-state index in [1.807, 2.05) is 0 Å². The lowest BCUT2D eigenvalue weighted by atomic mass is 10.1. The number of hydrogen-bond acceptors (Lipinski definition) is 4. The van der Waals surface area contributed by atoms with E-state index in [0.29, 0.717) is 17.0 Å². The number of aliphatic carboxylic acids is 1. The fourth-order valence-electron chi connectivity index (χ4n) is 1.52. The monoisotopic (exact) mass is 255 g/mol. The molecule has 3 N–H and O–H groups in total. The van der Waals surface area contributed by atoms with Crippen LogP contribution in [0, 0.1) is 13.8 Å². The van der Waals surface area contributed by atoms with Crippen molar-refractivity contribution >= 4 is 11.9 Å². The van der Waals surface area contributed by atoms with Crippen LogP contribution in [0.4, 0.5) is 0 Å². The highest BCUT2D eigenvalue weighted by Gasteiger charge is 2.31. The highest BCUT2D eigenvalue weighted by Crippen LogP contribution is 2.12. The summed E-state index contributed by atoms with van der Waals surface area (Å²) in [5.74, 6) is -1.83. The lowest BCUT2D eigenvalue weighted by Crippen LogP contribution is -2.46. The number of amides is 1. The van der Waals surface area contributed by atoms with Crippen molar-refractivity contribution in [2.24, 2.45) is 7.05 Å². The number of carbonyl (C=O) groups is 2. The predicted molar refractivity (Wildman–Crippen MR) is 63.3 cm³/mol. The Morgan fingerprint density at radius 1 is 1.44 bits per heavy atom. The van der Waals surface area contributed by atoms with Crippen molar-refractivity contribution in [3.05, 3.63) is 17.0 Å². The van der Waals surface area contributed by atoms with Crippen LogP contribution in [0.5, 0.6) is 0 Å². The number of carboxylic acid groups (broad SMARTS) is 1. The van der Waals surface area contributed by atoms with Gasteiger partial charge in [-0.15, -0.1) is 0 Å². The van der Waals surface area contributed by atoms with Crippen LogP contribution in [0.15, 0.2) is 0 Å². The number of aromatic nitrogens is 2. The number of hydrogen-bond donors (Lipinski definition) is 3. The SMILES string of the molecule is Cc1nn(C)c(C)c1C(=O)NCC(C)(O)C(=O)O. The first-order chi connectivity index (χ1) is 8.16.